The number of carbonyl (C=O) groups is 1. The lowest BCUT2D eigenvalue weighted by atomic mass is 9.81. The Morgan fingerprint density at radius 2 is 1.94 bits per heavy atom. The molecule has 3 aromatic rings. The lowest BCUT2D eigenvalue weighted by molar-refractivity contribution is -0.121. The van der Waals surface area contributed by atoms with E-state index in [-0.39, 0.29) is 17.8 Å². The van der Waals surface area contributed by atoms with Crippen molar-refractivity contribution in [1.82, 2.24) is 15.3 Å². The highest BCUT2D eigenvalue weighted by Crippen LogP contribution is 2.31. The number of anilines is 1. The minimum atomic E-state index is -0.0242. The Hall–Kier alpha value is -3.39. The molecule has 2 heterocycles. The average molecular weight is 435 g/mol. The molecule has 1 aliphatic rings. The molecule has 0 atom stereocenters. The van der Waals surface area contributed by atoms with Gasteiger partial charge in [0.2, 0.25) is 5.91 Å². The number of rotatable bonds is 8. The van der Waals surface area contributed by atoms with E-state index >= 15 is 0 Å². The Kier molecular flexibility index (Phi) is 7.01. The predicted octanol–water partition coefficient (Wildman–Crippen LogP) is 3.51. The van der Waals surface area contributed by atoms with Gasteiger partial charge in [-0.25, -0.2) is 4.98 Å². The molecule has 1 amide bonds. The average Bonchev–Trinajstić information content (AvgIpc) is 3.29. The highest BCUT2D eigenvalue weighted by atomic mass is 16.5. The van der Waals surface area contributed by atoms with Crippen molar-refractivity contribution in [3.8, 4) is 0 Å². The van der Waals surface area contributed by atoms with Gasteiger partial charge in [0.25, 0.3) is 0 Å². The lowest BCUT2D eigenvalue weighted by Gasteiger charge is -2.28. The first-order valence-corrected chi connectivity index (χ1v) is 11.1. The van der Waals surface area contributed by atoms with Crippen molar-refractivity contribution in [1.29, 1.82) is 5.41 Å². The van der Waals surface area contributed by atoms with E-state index < -0.39 is 0 Å². The van der Waals surface area contributed by atoms with E-state index in [0.717, 1.165) is 53.5 Å². The van der Waals surface area contributed by atoms with E-state index in [4.69, 9.17) is 15.9 Å². The number of aromatic nitrogens is 2. The molecule has 1 saturated carbocycles. The van der Waals surface area contributed by atoms with E-state index in [9.17, 15) is 4.79 Å². The molecule has 0 saturated heterocycles. The first kappa shape index (κ1) is 21.8. The summed E-state index contributed by atoms with van der Waals surface area (Å²) in [5.41, 5.74) is 8.86. The molecular formula is C24H30N6O2. The van der Waals surface area contributed by atoms with E-state index in [1.165, 1.54) is 0 Å². The molecule has 168 valence electrons. The summed E-state index contributed by atoms with van der Waals surface area (Å²) in [5, 5.41) is 14.3. The molecule has 0 unspecified atom stereocenters. The molecule has 0 aliphatic heterocycles. The van der Waals surface area contributed by atoms with Gasteiger partial charge in [0.05, 0.1) is 18.9 Å². The topological polar surface area (TPSA) is 129 Å². The summed E-state index contributed by atoms with van der Waals surface area (Å²) < 4.78 is 5.92. The summed E-state index contributed by atoms with van der Waals surface area (Å²) in [6.45, 7) is 1.56. The number of nitrogens with zero attached hydrogens (tertiary/aromatic N) is 1. The van der Waals surface area contributed by atoms with Crippen LogP contribution in [0.3, 0.4) is 0 Å². The van der Waals surface area contributed by atoms with Crippen LogP contribution in [0.4, 0.5) is 5.69 Å². The van der Waals surface area contributed by atoms with Gasteiger partial charge in [-0.15, -0.1) is 0 Å². The molecular weight excluding hydrogens is 404 g/mol. The monoisotopic (exact) mass is 434 g/mol. The molecule has 0 spiro atoms. The molecule has 8 heteroatoms. The zero-order valence-corrected chi connectivity index (χ0v) is 18.1. The van der Waals surface area contributed by atoms with Gasteiger partial charge in [0.15, 0.2) is 5.96 Å². The van der Waals surface area contributed by atoms with Crippen LogP contribution in [0.2, 0.25) is 0 Å². The summed E-state index contributed by atoms with van der Waals surface area (Å²) in [4.78, 5) is 20.7. The van der Waals surface area contributed by atoms with Crippen molar-refractivity contribution in [3.05, 3.63) is 59.9 Å². The molecule has 32 heavy (non-hydrogen) atoms. The van der Waals surface area contributed by atoms with Crippen molar-refractivity contribution in [2.45, 2.75) is 38.9 Å². The summed E-state index contributed by atoms with van der Waals surface area (Å²) >= 11 is 0. The van der Waals surface area contributed by atoms with Crippen LogP contribution in [0.15, 0.2) is 48.8 Å². The molecule has 4 rings (SSSR count). The van der Waals surface area contributed by atoms with Crippen molar-refractivity contribution < 1.29 is 9.53 Å². The third-order valence-corrected chi connectivity index (χ3v) is 6.08. The number of fused-ring (bicyclic) bond motifs is 1. The number of nitrogens with two attached hydrogens (primary N) is 1. The number of pyridine rings is 1. The summed E-state index contributed by atoms with van der Waals surface area (Å²) in [6, 6.07) is 11.9. The molecule has 0 bridgehead atoms. The Morgan fingerprint density at radius 3 is 2.69 bits per heavy atom. The Morgan fingerprint density at radius 1 is 1.16 bits per heavy atom. The van der Waals surface area contributed by atoms with Crippen LogP contribution in [0.1, 0.15) is 36.8 Å². The number of H-pyrrole nitrogens is 1. The van der Waals surface area contributed by atoms with Gasteiger partial charge in [0, 0.05) is 35.8 Å². The highest BCUT2D eigenvalue weighted by Gasteiger charge is 2.27. The second kappa shape index (κ2) is 10.3. The fraction of sp³-hybridized carbons (Fsp3) is 0.375. The van der Waals surface area contributed by atoms with Crippen LogP contribution in [0.25, 0.3) is 11.0 Å². The van der Waals surface area contributed by atoms with Gasteiger partial charge in [-0.1, -0.05) is 30.3 Å². The number of hydrogen-bond donors (Lipinski definition) is 5. The van der Waals surface area contributed by atoms with E-state index in [0.29, 0.717) is 25.7 Å². The Balaban J connectivity index is 1.40. The molecule has 6 N–H and O–H groups in total. The standard InChI is InChI=1S/C24H30N6O2/c25-24(26)29-12-16-6-8-18(9-7-16)23(31)30-21-19(13-28-22-20(21)10-11-27-22)15-32-14-17-4-2-1-3-5-17/h1-5,10-11,13,16,18H,6-9,12,14-15H2,(H4,25,26,29)(H2,27,28,30,31)/t16-,18-. The zero-order valence-electron chi connectivity index (χ0n) is 18.1. The smallest absolute Gasteiger partial charge is 0.227 e. The van der Waals surface area contributed by atoms with Crippen LogP contribution < -0.4 is 16.4 Å². The van der Waals surface area contributed by atoms with Gasteiger partial charge in [-0.3, -0.25) is 10.2 Å². The minimum Gasteiger partial charge on any atom is -0.372 e. The lowest BCUT2D eigenvalue weighted by Crippen LogP contribution is -2.36. The predicted molar refractivity (Wildman–Crippen MR) is 125 cm³/mol. The molecule has 1 aliphatic carbocycles. The SMILES string of the molecule is N=C(N)NC[C@H]1CC[C@H](C(=O)Nc2c(COCc3ccccc3)cnc3[nH]ccc23)CC1. The second-order valence-corrected chi connectivity index (χ2v) is 8.38. The van der Waals surface area contributed by atoms with Gasteiger partial charge in [-0.2, -0.15) is 0 Å². The maximum absolute atomic E-state index is 13.1. The van der Waals surface area contributed by atoms with E-state index in [2.05, 4.69) is 20.6 Å². The number of benzene rings is 1. The zero-order chi connectivity index (χ0) is 22.3. The third kappa shape index (κ3) is 5.45. The molecule has 1 fully saturated rings. The van der Waals surface area contributed by atoms with Crippen LogP contribution in [-0.2, 0) is 22.7 Å². The summed E-state index contributed by atoms with van der Waals surface area (Å²) in [5.74, 6) is 0.465. The summed E-state index contributed by atoms with van der Waals surface area (Å²) in [7, 11) is 0. The first-order chi connectivity index (χ1) is 15.6. The normalized spacial score (nSPS) is 18.4. The highest BCUT2D eigenvalue weighted by molar-refractivity contribution is 6.02. The summed E-state index contributed by atoms with van der Waals surface area (Å²) in [6.07, 6.45) is 7.15. The number of aromatic amines is 1. The van der Waals surface area contributed by atoms with Crippen LogP contribution in [0, 0.1) is 17.2 Å². The maximum atomic E-state index is 13.1. The van der Waals surface area contributed by atoms with Gasteiger partial charge >= 0.3 is 0 Å². The van der Waals surface area contributed by atoms with Crippen LogP contribution in [0.5, 0.6) is 0 Å². The third-order valence-electron chi connectivity index (χ3n) is 6.08. The molecule has 2 aromatic heterocycles. The van der Waals surface area contributed by atoms with Gasteiger partial charge < -0.3 is 26.1 Å². The van der Waals surface area contributed by atoms with Crippen LogP contribution >= 0.6 is 0 Å². The first-order valence-electron chi connectivity index (χ1n) is 11.1. The number of nitrogens with one attached hydrogen (secondary N) is 4. The van der Waals surface area contributed by atoms with Crippen molar-refractivity contribution >= 4 is 28.6 Å². The Bertz CT molecular complexity index is 1060. The number of guanidine groups is 1. The van der Waals surface area contributed by atoms with Gasteiger partial charge in [0.1, 0.15) is 5.65 Å². The fourth-order valence-electron chi connectivity index (χ4n) is 4.27. The fourth-order valence-corrected chi connectivity index (χ4v) is 4.27. The number of ether oxygens (including phenoxy) is 1. The number of hydrogen-bond acceptors (Lipinski definition) is 4. The van der Waals surface area contributed by atoms with Crippen molar-refractivity contribution in [2.24, 2.45) is 17.6 Å². The largest absolute Gasteiger partial charge is 0.372 e. The van der Waals surface area contributed by atoms with Crippen molar-refractivity contribution in [2.75, 3.05) is 11.9 Å². The van der Waals surface area contributed by atoms with Gasteiger partial charge in [-0.05, 0) is 43.2 Å². The van der Waals surface area contributed by atoms with Crippen molar-refractivity contribution in [3.63, 3.8) is 0 Å². The number of carbonyl (C=O) groups excluding carboxylic acids is 1. The molecule has 8 nitrogen and oxygen atoms in total. The quantitative estimate of drug-likeness (QED) is 0.274. The maximum Gasteiger partial charge on any atom is 0.227 e. The Labute approximate surface area is 187 Å². The molecule has 0 radical (unpaired) electrons. The second-order valence-electron chi connectivity index (χ2n) is 8.38. The molecule has 1 aromatic carbocycles. The van der Waals surface area contributed by atoms with E-state index in [1.54, 1.807) is 6.20 Å². The van der Waals surface area contributed by atoms with E-state index in [1.807, 2.05) is 42.6 Å². The number of amides is 1. The minimum absolute atomic E-state index is 0.0000795. The van der Waals surface area contributed by atoms with Crippen LogP contribution in [-0.4, -0.2) is 28.4 Å².